The van der Waals surface area contributed by atoms with Crippen LogP contribution in [-0.4, -0.2) is 51.2 Å². The Morgan fingerprint density at radius 2 is 2.33 bits per heavy atom. The molecule has 2 fully saturated rings. The third-order valence-electron chi connectivity index (χ3n) is 3.55. The fourth-order valence-corrected chi connectivity index (χ4v) is 2.70. The minimum atomic E-state index is 0.641. The average molecular weight is 208 g/mol. The van der Waals surface area contributed by atoms with Crippen LogP contribution in [0.25, 0.3) is 0 Å². The summed E-state index contributed by atoms with van der Waals surface area (Å²) in [6.07, 6.45) is 2.59. The van der Waals surface area contributed by atoms with Gasteiger partial charge >= 0.3 is 0 Å². The number of nitrogens with zero attached hydrogens (tertiary/aromatic N) is 4. The van der Waals surface area contributed by atoms with Crippen LogP contribution in [0.3, 0.4) is 0 Å². The molecule has 0 aromatic carbocycles. The van der Waals surface area contributed by atoms with Crippen LogP contribution in [0.4, 0.5) is 0 Å². The molecule has 0 spiro atoms. The van der Waals surface area contributed by atoms with Crippen LogP contribution in [0.1, 0.15) is 18.7 Å². The molecule has 3 heterocycles. The number of aromatic nitrogens is 4. The monoisotopic (exact) mass is 208 g/mol. The summed E-state index contributed by atoms with van der Waals surface area (Å²) in [5, 5.41) is 17.4. The summed E-state index contributed by atoms with van der Waals surface area (Å²) < 4.78 is 0. The third-order valence-corrected chi connectivity index (χ3v) is 3.55. The van der Waals surface area contributed by atoms with Crippen LogP contribution in [0, 0.1) is 5.92 Å². The Balaban J connectivity index is 1.55. The van der Waals surface area contributed by atoms with Gasteiger partial charge in [-0.3, -0.25) is 0 Å². The Morgan fingerprint density at radius 1 is 1.40 bits per heavy atom. The fraction of sp³-hybridized carbons (Fsp3) is 0.889. The minimum absolute atomic E-state index is 0.641. The molecule has 2 aliphatic rings. The number of rotatable bonds is 3. The molecule has 0 radical (unpaired) electrons. The van der Waals surface area contributed by atoms with E-state index in [0.29, 0.717) is 6.04 Å². The molecular formula is C9H16N6. The molecule has 2 saturated heterocycles. The summed E-state index contributed by atoms with van der Waals surface area (Å²) >= 11 is 0. The lowest BCUT2D eigenvalue weighted by Gasteiger charge is -2.30. The quantitative estimate of drug-likeness (QED) is 0.693. The highest BCUT2D eigenvalue weighted by Gasteiger charge is 2.33. The predicted molar refractivity (Wildman–Crippen MR) is 54.0 cm³/mol. The predicted octanol–water partition coefficient (Wildman–Crippen LogP) is -0.616. The zero-order valence-corrected chi connectivity index (χ0v) is 8.69. The molecule has 3 unspecified atom stereocenters. The highest BCUT2D eigenvalue weighted by Crippen LogP contribution is 2.26. The van der Waals surface area contributed by atoms with Crippen LogP contribution < -0.4 is 5.32 Å². The van der Waals surface area contributed by atoms with E-state index in [9.17, 15) is 0 Å². The molecule has 6 heteroatoms. The zero-order valence-electron chi connectivity index (χ0n) is 8.69. The summed E-state index contributed by atoms with van der Waals surface area (Å²) in [7, 11) is 0. The molecule has 15 heavy (non-hydrogen) atoms. The standard InChI is InChI=1S/C9H16N6/c1-3-15-4-2-8(7(1)6-15)10-5-9-11-13-14-12-9/h7-8,10H,1-6H2,(H,11,12,13,14). The van der Waals surface area contributed by atoms with E-state index < -0.39 is 0 Å². The topological polar surface area (TPSA) is 69.7 Å². The lowest BCUT2D eigenvalue weighted by Crippen LogP contribution is -2.43. The van der Waals surface area contributed by atoms with E-state index in [-0.39, 0.29) is 0 Å². The van der Waals surface area contributed by atoms with E-state index >= 15 is 0 Å². The number of piperidine rings is 1. The van der Waals surface area contributed by atoms with Gasteiger partial charge in [0, 0.05) is 12.6 Å². The Kier molecular flexibility index (Phi) is 2.38. The van der Waals surface area contributed by atoms with Crippen LogP contribution in [0.2, 0.25) is 0 Å². The molecule has 0 amide bonds. The highest BCUT2D eigenvalue weighted by atomic mass is 15.5. The molecular weight excluding hydrogens is 192 g/mol. The first-order valence-electron chi connectivity index (χ1n) is 5.60. The number of hydrogen-bond donors (Lipinski definition) is 2. The van der Waals surface area contributed by atoms with Gasteiger partial charge in [-0.25, -0.2) is 0 Å². The van der Waals surface area contributed by atoms with Crippen LogP contribution in [0.5, 0.6) is 0 Å². The lowest BCUT2D eigenvalue weighted by atomic mass is 9.94. The molecule has 2 N–H and O–H groups in total. The van der Waals surface area contributed by atoms with Crippen molar-refractivity contribution < 1.29 is 0 Å². The summed E-state index contributed by atoms with van der Waals surface area (Å²) in [6, 6.07) is 0.641. The first-order valence-corrected chi connectivity index (χ1v) is 5.60. The number of hydrogen-bond acceptors (Lipinski definition) is 5. The minimum Gasteiger partial charge on any atom is -0.307 e. The molecule has 6 nitrogen and oxygen atoms in total. The maximum atomic E-state index is 3.94. The van der Waals surface area contributed by atoms with Gasteiger partial charge in [0.2, 0.25) is 0 Å². The van der Waals surface area contributed by atoms with E-state index in [1.807, 2.05) is 0 Å². The van der Waals surface area contributed by atoms with Crippen molar-refractivity contribution in [3.05, 3.63) is 5.82 Å². The number of H-pyrrole nitrogens is 1. The van der Waals surface area contributed by atoms with Gasteiger partial charge in [-0.05, 0) is 31.8 Å². The van der Waals surface area contributed by atoms with Gasteiger partial charge < -0.3 is 10.2 Å². The number of fused-ring (bicyclic) bond motifs is 2. The van der Waals surface area contributed by atoms with Gasteiger partial charge in [-0.2, -0.15) is 5.21 Å². The largest absolute Gasteiger partial charge is 0.307 e. The maximum Gasteiger partial charge on any atom is 0.188 e. The van der Waals surface area contributed by atoms with Crippen molar-refractivity contribution >= 4 is 0 Å². The average Bonchev–Trinajstić information content (AvgIpc) is 2.88. The van der Waals surface area contributed by atoms with Gasteiger partial charge in [0.15, 0.2) is 5.82 Å². The van der Waals surface area contributed by atoms with Crippen molar-refractivity contribution in [1.82, 2.24) is 30.8 Å². The van der Waals surface area contributed by atoms with Gasteiger partial charge in [0.05, 0.1) is 6.54 Å². The van der Waals surface area contributed by atoms with Crippen molar-refractivity contribution in [2.24, 2.45) is 5.92 Å². The van der Waals surface area contributed by atoms with Crippen molar-refractivity contribution in [3.63, 3.8) is 0 Å². The smallest absolute Gasteiger partial charge is 0.188 e. The molecule has 2 bridgehead atoms. The van der Waals surface area contributed by atoms with E-state index in [0.717, 1.165) is 18.3 Å². The highest BCUT2D eigenvalue weighted by molar-refractivity contribution is 4.91. The van der Waals surface area contributed by atoms with Crippen molar-refractivity contribution in [2.45, 2.75) is 25.4 Å². The van der Waals surface area contributed by atoms with E-state index in [4.69, 9.17) is 0 Å². The van der Waals surface area contributed by atoms with Crippen LogP contribution in [0.15, 0.2) is 0 Å². The third kappa shape index (κ3) is 1.87. The second-order valence-corrected chi connectivity index (χ2v) is 4.45. The lowest BCUT2D eigenvalue weighted by molar-refractivity contribution is 0.219. The molecule has 2 aliphatic heterocycles. The second-order valence-electron chi connectivity index (χ2n) is 4.45. The molecule has 1 aromatic rings. The van der Waals surface area contributed by atoms with Gasteiger partial charge in [0.25, 0.3) is 0 Å². The Morgan fingerprint density at radius 3 is 3.20 bits per heavy atom. The summed E-state index contributed by atoms with van der Waals surface area (Å²) in [5.74, 6) is 1.58. The van der Waals surface area contributed by atoms with Crippen molar-refractivity contribution in [3.8, 4) is 0 Å². The summed E-state index contributed by atoms with van der Waals surface area (Å²) in [4.78, 5) is 2.55. The summed E-state index contributed by atoms with van der Waals surface area (Å²) in [6.45, 7) is 4.52. The Hall–Kier alpha value is -1.01. The Bertz CT molecular complexity index is 310. The number of tetrazole rings is 1. The van der Waals surface area contributed by atoms with Crippen LogP contribution in [-0.2, 0) is 6.54 Å². The van der Waals surface area contributed by atoms with Crippen molar-refractivity contribution in [2.75, 3.05) is 19.6 Å². The van der Waals surface area contributed by atoms with Gasteiger partial charge in [0.1, 0.15) is 0 Å². The maximum absolute atomic E-state index is 3.94. The van der Waals surface area contributed by atoms with Crippen molar-refractivity contribution in [1.29, 1.82) is 0 Å². The Labute approximate surface area is 88.4 Å². The number of nitrogens with one attached hydrogen (secondary N) is 2. The van der Waals surface area contributed by atoms with E-state index in [1.54, 1.807) is 0 Å². The molecule has 1 aromatic heterocycles. The first-order chi connectivity index (χ1) is 7.42. The van der Waals surface area contributed by atoms with Gasteiger partial charge in [-0.1, -0.05) is 5.21 Å². The number of aromatic amines is 1. The molecule has 3 atom stereocenters. The van der Waals surface area contributed by atoms with Gasteiger partial charge in [-0.15, -0.1) is 10.2 Å². The molecule has 0 saturated carbocycles. The fourth-order valence-electron chi connectivity index (χ4n) is 2.70. The van der Waals surface area contributed by atoms with E-state index in [2.05, 4.69) is 30.8 Å². The zero-order chi connectivity index (χ0) is 10.1. The van der Waals surface area contributed by atoms with E-state index in [1.165, 1.54) is 32.5 Å². The van der Waals surface area contributed by atoms with Crippen LogP contribution >= 0.6 is 0 Å². The molecule has 82 valence electrons. The SMILES string of the molecule is C(NC1CCN2CCC1C2)c1nn[nH]n1. The second kappa shape index (κ2) is 3.86. The summed E-state index contributed by atoms with van der Waals surface area (Å²) in [5.41, 5.74) is 0. The normalized spacial score (nSPS) is 34.5. The molecule has 3 rings (SSSR count). The first kappa shape index (κ1) is 9.23. The molecule has 0 aliphatic carbocycles.